The number of carbonyl (C=O) groups excluding carboxylic acids is 1. The van der Waals surface area contributed by atoms with Gasteiger partial charge in [0.1, 0.15) is 0 Å². The lowest BCUT2D eigenvalue weighted by molar-refractivity contribution is 0.224. The highest BCUT2D eigenvalue weighted by molar-refractivity contribution is 5.74. The van der Waals surface area contributed by atoms with E-state index in [1.54, 1.807) is 0 Å². The van der Waals surface area contributed by atoms with E-state index in [4.69, 9.17) is 0 Å². The van der Waals surface area contributed by atoms with Gasteiger partial charge in [-0.25, -0.2) is 4.79 Å². The Bertz CT molecular complexity index is 356. The van der Waals surface area contributed by atoms with E-state index in [1.165, 1.54) is 19.3 Å². The lowest BCUT2D eigenvalue weighted by Crippen LogP contribution is -2.48. The number of amides is 2. The lowest BCUT2D eigenvalue weighted by atomic mass is 9.85. The van der Waals surface area contributed by atoms with E-state index in [0.29, 0.717) is 17.9 Å². The van der Waals surface area contributed by atoms with Gasteiger partial charge in [0.25, 0.3) is 0 Å². The molecule has 3 heteroatoms. The van der Waals surface area contributed by atoms with Gasteiger partial charge in [0.2, 0.25) is 0 Å². The number of allylic oxidation sites excluding steroid dienone is 3. The fraction of sp³-hybridized carbons (Fsp3) is 0.688. The smallest absolute Gasteiger partial charge is 0.315 e. The van der Waals surface area contributed by atoms with Gasteiger partial charge < -0.3 is 10.6 Å². The summed E-state index contributed by atoms with van der Waals surface area (Å²) in [7, 11) is 0. The number of urea groups is 1. The summed E-state index contributed by atoms with van der Waals surface area (Å²) in [6.07, 6.45) is 14.6. The second kappa shape index (κ2) is 6.78. The van der Waals surface area contributed by atoms with Crippen molar-refractivity contribution in [1.82, 2.24) is 10.6 Å². The summed E-state index contributed by atoms with van der Waals surface area (Å²) in [5.74, 6) is 0.872. The minimum absolute atomic E-state index is 0.00504. The molecular weight excluding hydrogens is 236 g/mol. The molecule has 0 radical (unpaired) electrons. The van der Waals surface area contributed by atoms with Crippen molar-refractivity contribution in [2.75, 3.05) is 0 Å². The summed E-state index contributed by atoms with van der Waals surface area (Å²) in [6.45, 7) is 4.28. The predicted molar refractivity (Wildman–Crippen MR) is 78.9 cm³/mol. The molecule has 2 rings (SSSR count). The Kier molecular flexibility index (Phi) is 5.06. The fourth-order valence-electron chi connectivity index (χ4n) is 3.13. The zero-order valence-corrected chi connectivity index (χ0v) is 12.1. The van der Waals surface area contributed by atoms with Crippen molar-refractivity contribution in [3.05, 3.63) is 24.3 Å². The molecule has 0 spiro atoms. The summed E-state index contributed by atoms with van der Waals surface area (Å²) in [6, 6.07) is 0.537. The summed E-state index contributed by atoms with van der Waals surface area (Å²) < 4.78 is 0. The van der Waals surface area contributed by atoms with Crippen LogP contribution in [0, 0.1) is 11.8 Å². The van der Waals surface area contributed by atoms with Crippen molar-refractivity contribution >= 4 is 6.03 Å². The molecule has 2 aliphatic carbocycles. The van der Waals surface area contributed by atoms with E-state index < -0.39 is 0 Å². The minimum Gasteiger partial charge on any atom is -0.335 e. The van der Waals surface area contributed by atoms with E-state index in [1.807, 2.05) is 0 Å². The molecule has 0 aliphatic heterocycles. The molecule has 0 aromatic carbocycles. The maximum absolute atomic E-state index is 12.0. The third-order valence-corrected chi connectivity index (χ3v) is 4.34. The zero-order chi connectivity index (χ0) is 13.7. The largest absolute Gasteiger partial charge is 0.335 e. The molecular formula is C16H26N2O. The monoisotopic (exact) mass is 262 g/mol. The molecule has 19 heavy (non-hydrogen) atoms. The highest BCUT2D eigenvalue weighted by atomic mass is 16.2. The van der Waals surface area contributed by atoms with Gasteiger partial charge in [-0.15, -0.1) is 0 Å². The van der Waals surface area contributed by atoms with Gasteiger partial charge in [-0.1, -0.05) is 50.5 Å². The second-order valence-electron chi connectivity index (χ2n) is 5.95. The van der Waals surface area contributed by atoms with Crippen molar-refractivity contribution in [3.63, 3.8) is 0 Å². The van der Waals surface area contributed by atoms with Crippen LogP contribution in [0.1, 0.15) is 46.0 Å². The maximum atomic E-state index is 12.0. The van der Waals surface area contributed by atoms with Crippen molar-refractivity contribution in [3.8, 4) is 0 Å². The highest BCUT2D eigenvalue weighted by Crippen LogP contribution is 2.22. The predicted octanol–water partition coefficient (Wildman–Crippen LogP) is 3.39. The van der Waals surface area contributed by atoms with Crippen molar-refractivity contribution in [2.24, 2.45) is 11.8 Å². The van der Waals surface area contributed by atoms with Crippen molar-refractivity contribution in [1.29, 1.82) is 0 Å². The van der Waals surface area contributed by atoms with Gasteiger partial charge in [0.05, 0.1) is 0 Å². The topological polar surface area (TPSA) is 41.1 Å². The molecule has 2 aliphatic rings. The van der Waals surface area contributed by atoms with Gasteiger partial charge in [-0.2, -0.15) is 0 Å². The van der Waals surface area contributed by atoms with Crippen LogP contribution in [0.5, 0.6) is 0 Å². The number of hydrogen-bond donors (Lipinski definition) is 2. The van der Waals surface area contributed by atoms with Crippen LogP contribution < -0.4 is 10.6 Å². The fourth-order valence-corrected chi connectivity index (χ4v) is 3.13. The standard InChI is InChI=1S/C16H26N2O/c1-12-8-6-7-11-15(12)13(2)17-16(19)18-14-9-4-3-5-10-14/h6-8,11-15H,3-5,9-10H2,1-2H3,(H2,17,18,19)/t12?,13-,15?/m0/s1. The van der Waals surface area contributed by atoms with Gasteiger partial charge in [0.15, 0.2) is 0 Å². The summed E-state index contributed by atoms with van der Waals surface area (Å²) in [4.78, 5) is 12.0. The Balaban J connectivity index is 1.77. The highest BCUT2D eigenvalue weighted by Gasteiger charge is 2.23. The molecule has 0 heterocycles. The number of hydrogen-bond acceptors (Lipinski definition) is 1. The quantitative estimate of drug-likeness (QED) is 0.804. The average molecular weight is 262 g/mol. The summed E-state index contributed by atoms with van der Waals surface area (Å²) >= 11 is 0. The molecule has 3 atom stereocenters. The van der Waals surface area contributed by atoms with E-state index in [9.17, 15) is 4.79 Å². The molecule has 2 amide bonds. The third-order valence-electron chi connectivity index (χ3n) is 4.34. The summed E-state index contributed by atoms with van der Waals surface area (Å²) in [5.41, 5.74) is 0. The van der Waals surface area contributed by atoms with E-state index in [-0.39, 0.29) is 12.1 Å². The molecule has 0 aromatic heterocycles. The Morgan fingerprint density at radius 1 is 1.16 bits per heavy atom. The summed E-state index contributed by atoms with van der Waals surface area (Å²) in [5, 5.41) is 6.20. The van der Waals surface area contributed by atoms with Crippen LogP contribution in [-0.4, -0.2) is 18.1 Å². The van der Waals surface area contributed by atoms with Crippen LogP contribution >= 0.6 is 0 Å². The first kappa shape index (κ1) is 14.2. The van der Waals surface area contributed by atoms with Crippen LogP contribution in [0.3, 0.4) is 0 Å². The van der Waals surface area contributed by atoms with Crippen LogP contribution in [0.25, 0.3) is 0 Å². The van der Waals surface area contributed by atoms with Crippen molar-refractivity contribution < 1.29 is 4.79 Å². The normalized spacial score (nSPS) is 28.9. The van der Waals surface area contributed by atoms with Crippen LogP contribution in [0.2, 0.25) is 0 Å². The molecule has 1 saturated carbocycles. The molecule has 0 bridgehead atoms. The Morgan fingerprint density at radius 2 is 1.84 bits per heavy atom. The first-order valence-corrected chi connectivity index (χ1v) is 7.59. The number of carbonyl (C=O) groups is 1. The zero-order valence-electron chi connectivity index (χ0n) is 12.1. The van der Waals surface area contributed by atoms with Gasteiger partial charge in [-0.05, 0) is 25.7 Å². The molecule has 1 fully saturated rings. The first-order chi connectivity index (χ1) is 9.16. The Hall–Kier alpha value is -1.25. The van der Waals surface area contributed by atoms with E-state index in [2.05, 4.69) is 48.8 Å². The SMILES string of the molecule is CC1C=CC=CC1[C@H](C)NC(=O)NC1CCCCC1. The molecule has 2 unspecified atom stereocenters. The third kappa shape index (κ3) is 4.12. The van der Waals surface area contributed by atoms with Gasteiger partial charge in [-0.3, -0.25) is 0 Å². The van der Waals surface area contributed by atoms with Gasteiger partial charge in [0, 0.05) is 18.0 Å². The molecule has 0 saturated heterocycles. The number of rotatable bonds is 3. The number of nitrogens with one attached hydrogen (secondary N) is 2. The van der Waals surface area contributed by atoms with E-state index >= 15 is 0 Å². The average Bonchev–Trinajstić information content (AvgIpc) is 2.40. The Morgan fingerprint density at radius 3 is 2.53 bits per heavy atom. The second-order valence-corrected chi connectivity index (χ2v) is 5.95. The molecule has 2 N–H and O–H groups in total. The Labute approximate surface area is 116 Å². The lowest BCUT2D eigenvalue weighted by Gasteiger charge is -2.29. The molecule has 3 nitrogen and oxygen atoms in total. The molecule has 106 valence electrons. The van der Waals surface area contributed by atoms with Gasteiger partial charge >= 0.3 is 6.03 Å². The van der Waals surface area contributed by atoms with Crippen LogP contribution in [0.4, 0.5) is 4.79 Å². The van der Waals surface area contributed by atoms with E-state index in [0.717, 1.165) is 12.8 Å². The van der Waals surface area contributed by atoms with Crippen molar-refractivity contribution in [2.45, 2.75) is 58.0 Å². The van der Waals surface area contributed by atoms with Crippen LogP contribution in [0.15, 0.2) is 24.3 Å². The maximum Gasteiger partial charge on any atom is 0.315 e. The van der Waals surface area contributed by atoms with Crippen LogP contribution in [-0.2, 0) is 0 Å². The first-order valence-electron chi connectivity index (χ1n) is 7.59. The molecule has 0 aromatic rings. The minimum atomic E-state index is -0.00504.